The Morgan fingerprint density at radius 2 is 2.00 bits per heavy atom. The number of aliphatic hydroxyl groups is 1. The Morgan fingerprint density at radius 1 is 1.24 bits per heavy atom. The molecule has 1 aliphatic carbocycles. The summed E-state index contributed by atoms with van der Waals surface area (Å²) in [5.41, 5.74) is 1.62. The summed E-state index contributed by atoms with van der Waals surface area (Å²) in [6.45, 7) is 2.22. The van der Waals surface area contributed by atoms with E-state index in [1.54, 1.807) is 11.0 Å². The summed E-state index contributed by atoms with van der Waals surface area (Å²) >= 11 is 0. The van der Waals surface area contributed by atoms with Crippen molar-refractivity contribution in [3.8, 4) is 5.69 Å². The molecule has 2 aromatic rings. The fourth-order valence-corrected chi connectivity index (χ4v) is 3.47. The fraction of sp³-hybridized carbons (Fsp3) is 0.529. The molecule has 1 aromatic heterocycles. The molecule has 21 heavy (non-hydrogen) atoms. The number of para-hydroxylation sites is 1. The SMILES string of the molecule is CCC1CCCCC1C(O)c1cnn(-c2ccccc2)n1. The van der Waals surface area contributed by atoms with Crippen molar-refractivity contribution in [1.82, 2.24) is 15.0 Å². The van der Waals surface area contributed by atoms with Gasteiger partial charge in [-0.05, 0) is 30.4 Å². The summed E-state index contributed by atoms with van der Waals surface area (Å²) in [7, 11) is 0. The molecule has 1 aliphatic rings. The molecule has 1 heterocycles. The van der Waals surface area contributed by atoms with E-state index in [-0.39, 0.29) is 0 Å². The van der Waals surface area contributed by atoms with E-state index in [1.165, 1.54) is 19.3 Å². The zero-order valence-corrected chi connectivity index (χ0v) is 12.5. The number of hydrogen-bond acceptors (Lipinski definition) is 3. The lowest BCUT2D eigenvalue weighted by molar-refractivity contribution is 0.0419. The third-order valence-electron chi connectivity index (χ3n) is 4.70. The molecule has 1 N–H and O–H groups in total. The number of aromatic nitrogens is 3. The van der Waals surface area contributed by atoms with E-state index in [0.717, 1.165) is 18.5 Å². The highest BCUT2D eigenvalue weighted by Gasteiger charge is 2.32. The van der Waals surface area contributed by atoms with E-state index in [9.17, 15) is 5.11 Å². The molecule has 4 nitrogen and oxygen atoms in total. The van der Waals surface area contributed by atoms with Crippen molar-refractivity contribution in [3.05, 3.63) is 42.2 Å². The molecule has 112 valence electrons. The van der Waals surface area contributed by atoms with Crippen LogP contribution in [0.15, 0.2) is 36.5 Å². The topological polar surface area (TPSA) is 50.9 Å². The van der Waals surface area contributed by atoms with Crippen molar-refractivity contribution in [3.63, 3.8) is 0 Å². The van der Waals surface area contributed by atoms with Gasteiger partial charge in [-0.3, -0.25) is 0 Å². The second-order valence-electron chi connectivity index (χ2n) is 5.96. The molecule has 0 bridgehead atoms. The van der Waals surface area contributed by atoms with Gasteiger partial charge in [-0.2, -0.15) is 15.0 Å². The maximum absolute atomic E-state index is 10.7. The number of rotatable bonds is 4. The zero-order chi connectivity index (χ0) is 14.7. The minimum Gasteiger partial charge on any atom is -0.386 e. The first-order valence-electron chi connectivity index (χ1n) is 7.95. The van der Waals surface area contributed by atoms with E-state index in [2.05, 4.69) is 17.1 Å². The van der Waals surface area contributed by atoms with Gasteiger partial charge in [0.2, 0.25) is 0 Å². The van der Waals surface area contributed by atoms with Gasteiger partial charge in [0.15, 0.2) is 0 Å². The summed E-state index contributed by atoms with van der Waals surface area (Å²) in [4.78, 5) is 1.60. The summed E-state index contributed by atoms with van der Waals surface area (Å²) in [6, 6.07) is 9.82. The van der Waals surface area contributed by atoms with E-state index >= 15 is 0 Å². The van der Waals surface area contributed by atoms with Crippen LogP contribution in [0.4, 0.5) is 0 Å². The zero-order valence-electron chi connectivity index (χ0n) is 12.5. The lowest BCUT2D eigenvalue weighted by Crippen LogP contribution is -2.25. The van der Waals surface area contributed by atoms with Gasteiger partial charge < -0.3 is 5.11 Å². The maximum Gasteiger partial charge on any atom is 0.112 e. The van der Waals surface area contributed by atoms with Gasteiger partial charge in [-0.25, -0.2) is 0 Å². The largest absolute Gasteiger partial charge is 0.386 e. The molecule has 0 saturated heterocycles. The van der Waals surface area contributed by atoms with Crippen molar-refractivity contribution in [2.45, 2.75) is 45.1 Å². The molecule has 0 radical (unpaired) electrons. The molecule has 0 aliphatic heterocycles. The van der Waals surface area contributed by atoms with E-state index in [0.29, 0.717) is 17.5 Å². The van der Waals surface area contributed by atoms with Crippen LogP contribution in [0.1, 0.15) is 50.8 Å². The highest BCUT2D eigenvalue weighted by molar-refractivity contribution is 5.28. The standard InChI is InChI=1S/C17H23N3O/c1-2-13-8-6-7-11-15(13)17(21)16-12-18-20(19-16)14-9-4-3-5-10-14/h3-5,9-10,12-13,15,17,21H,2,6-8,11H2,1H3. The van der Waals surface area contributed by atoms with Crippen LogP contribution in [0, 0.1) is 11.8 Å². The summed E-state index contributed by atoms with van der Waals surface area (Å²) in [5.74, 6) is 0.931. The monoisotopic (exact) mass is 285 g/mol. The molecular weight excluding hydrogens is 262 g/mol. The highest BCUT2D eigenvalue weighted by atomic mass is 16.3. The van der Waals surface area contributed by atoms with Crippen molar-refractivity contribution in [1.29, 1.82) is 0 Å². The fourth-order valence-electron chi connectivity index (χ4n) is 3.47. The lowest BCUT2D eigenvalue weighted by Gasteiger charge is -2.33. The van der Waals surface area contributed by atoms with E-state index < -0.39 is 6.10 Å². The van der Waals surface area contributed by atoms with E-state index in [1.807, 2.05) is 30.3 Å². The van der Waals surface area contributed by atoms with Crippen molar-refractivity contribution in [2.24, 2.45) is 11.8 Å². The van der Waals surface area contributed by atoms with Crippen LogP contribution >= 0.6 is 0 Å². The normalized spacial score (nSPS) is 23.9. The van der Waals surface area contributed by atoms with Crippen LogP contribution in [-0.2, 0) is 0 Å². The second kappa shape index (κ2) is 6.39. The summed E-state index contributed by atoms with van der Waals surface area (Å²) in [6.07, 6.45) is 7.17. The van der Waals surface area contributed by atoms with E-state index in [4.69, 9.17) is 0 Å². The highest BCUT2D eigenvalue weighted by Crippen LogP contribution is 2.39. The Kier molecular flexibility index (Phi) is 4.34. The van der Waals surface area contributed by atoms with Crippen molar-refractivity contribution >= 4 is 0 Å². The Labute approximate surface area is 125 Å². The Balaban J connectivity index is 1.79. The van der Waals surface area contributed by atoms with Crippen LogP contribution < -0.4 is 0 Å². The minimum absolute atomic E-state index is 0.324. The first kappa shape index (κ1) is 14.3. The number of nitrogens with zero attached hydrogens (tertiary/aromatic N) is 3. The Morgan fingerprint density at radius 3 is 2.76 bits per heavy atom. The van der Waals surface area contributed by atoms with Gasteiger partial charge in [0.25, 0.3) is 0 Å². The van der Waals surface area contributed by atoms with Crippen LogP contribution in [-0.4, -0.2) is 20.1 Å². The molecule has 0 amide bonds. The third-order valence-corrected chi connectivity index (χ3v) is 4.70. The first-order chi connectivity index (χ1) is 10.3. The number of benzene rings is 1. The smallest absolute Gasteiger partial charge is 0.112 e. The minimum atomic E-state index is -0.493. The van der Waals surface area contributed by atoms with Gasteiger partial charge >= 0.3 is 0 Å². The molecule has 3 atom stereocenters. The number of hydrogen-bond donors (Lipinski definition) is 1. The van der Waals surface area contributed by atoms with Gasteiger partial charge in [-0.1, -0.05) is 50.8 Å². The average molecular weight is 285 g/mol. The van der Waals surface area contributed by atoms with Crippen molar-refractivity contribution in [2.75, 3.05) is 0 Å². The molecule has 1 saturated carbocycles. The quantitative estimate of drug-likeness (QED) is 0.935. The predicted molar refractivity (Wildman–Crippen MR) is 82.1 cm³/mol. The van der Waals surface area contributed by atoms with Gasteiger partial charge in [0.05, 0.1) is 11.9 Å². The van der Waals surface area contributed by atoms with Gasteiger partial charge in [0.1, 0.15) is 11.8 Å². The molecule has 1 aromatic carbocycles. The van der Waals surface area contributed by atoms with Crippen LogP contribution in [0.3, 0.4) is 0 Å². The molecule has 0 spiro atoms. The molecule has 1 fully saturated rings. The summed E-state index contributed by atoms with van der Waals surface area (Å²) < 4.78 is 0. The predicted octanol–water partition coefficient (Wildman–Crippen LogP) is 3.52. The second-order valence-corrected chi connectivity index (χ2v) is 5.96. The van der Waals surface area contributed by atoms with Crippen LogP contribution in [0.5, 0.6) is 0 Å². The Bertz CT molecular complexity index is 566. The molecule has 3 rings (SSSR count). The average Bonchev–Trinajstić information content (AvgIpc) is 3.05. The van der Waals surface area contributed by atoms with Crippen LogP contribution in [0.2, 0.25) is 0 Å². The summed E-state index contributed by atoms with van der Waals surface area (Å²) in [5, 5.41) is 19.5. The third kappa shape index (κ3) is 3.00. The van der Waals surface area contributed by atoms with Gasteiger partial charge in [0, 0.05) is 0 Å². The Hall–Kier alpha value is -1.68. The first-order valence-corrected chi connectivity index (χ1v) is 7.95. The van der Waals surface area contributed by atoms with Crippen LogP contribution in [0.25, 0.3) is 5.69 Å². The lowest BCUT2D eigenvalue weighted by atomic mass is 9.74. The molecule has 4 heteroatoms. The van der Waals surface area contributed by atoms with Gasteiger partial charge in [-0.15, -0.1) is 0 Å². The molecular formula is C17H23N3O. The molecule has 3 unspecified atom stereocenters. The van der Waals surface area contributed by atoms with Crippen molar-refractivity contribution < 1.29 is 5.11 Å². The maximum atomic E-state index is 10.7. The number of aliphatic hydroxyl groups excluding tert-OH is 1.